The number of aromatic nitrogens is 1. The zero-order valence-corrected chi connectivity index (χ0v) is 9.97. The predicted octanol–water partition coefficient (Wildman–Crippen LogP) is 2.79. The summed E-state index contributed by atoms with van der Waals surface area (Å²) < 4.78 is 45.3. The van der Waals surface area contributed by atoms with Crippen LogP contribution in [-0.4, -0.2) is 18.5 Å². The summed E-state index contributed by atoms with van der Waals surface area (Å²) in [5.74, 6) is -0.902. The quantitative estimate of drug-likeness (QED) is 0.796. The molecule has 1 aromatic heterocycles. The monoisotopic (exact) mass is 280 g/mol. The second-order valence-electron chi connectivity index (χ2n) is 3.11. The molecular weight excluding hydrogens is 273 g/mol. The van der Waals surface area contributed by atoms with Gasteiger partial charge in [0.05, 0.1) is 31.2 Å². The van der Waals surface area contributed by atoms with Gasteiger partial charge in [-0.15, -0.1) is 24.8 Å². The van der Waals surface area contributed by atoms with Crippen LogP contribution in [0.4, 0.5) is 13.2 Å². The topological polar surface area (TPSA) is 55.1 Å². The van der Waals surface area contributed by atoms with Crippen LogP contribution in [0, 0.1) is 11.3 Å². The second kappa shape index (κ2) is 5.78. The third-order valence-electron chi connectivity index (χ3n) is 1.88. The number of alkyl halides is 4. The lowest BCUT2D eigenvalue weighted by molar-refractivity contribution is -0.275. The predicted molar refractivity (Wildman–Crippen MR) is 56.3 cm³/mol. The average Bonchev–Trinajstić information content (AvgIpc) is 2.26. The van der Waals surface area contributed by atoms with Crippen LogP contribution in [0.5, 0.6) is 11.5 Å². The van der Waals surface area contributed by atoms with E-state index in [-0.39, 0.29) is 29.4 Å². The Morgan fingerprint density at radius 3 is 2.61 bits per heavy atom. The SMILES string of the molecule is COc1c(OC(F)(F)F)cc(CC#N)nc1CCl. The molecule has 0 aliphatic carbocycles. The summed E-state index contributed by atoms with van der Waals surface area (Å²) in [6, 6.07) is 2.79. The van der Waals surface area contributed by atoms with E-state index in [9.17, 15) is 13.2 Å². The molecule has 1 rings (SSSR count). The van der Waals surface area contributed by atoms with Crippen molar-refractivity contribution in [2.45, 2.75) is 18.7 Å². The van der Waals surface area contributed by atoms with Gasteiger partial charge < -0.3 is 9.47 Å². The number of pyridine rings is 1. The second-order valence-corrected chi connectivity index (χ2v) is 3.38. The molecule has 0 aliphatic heterocycles. The van der Waals surface area contributed by atoms with E-state index in [0.29, 0.717) is 0 Å². The fraction of sp³-hybridized carbons (Fsp3) is 0.400. The lowest BCUT2D eigenvalue weighted by atomic mass is 10.2. The molecular formula is C10H8ClF3N2O2. The Labute approximate surface area is 106 Å². The largest absolute Gasteiger partial charge is 0.573 e. The number of rotatable bonds is 4. The Kier molecular flexibility index (Phi) is 4.62. The Bertz CT molecular complexity index is 471. The van der Waals surface area contributed by atoms with Gasteiger partial charge in [-0.05, 0) is 0 Å². The van der Waals surface area contributed by atoms with Gasteiger partial charge in [0, 0.05) is 6.07 Å². The van der Waals surface area contributed by atoms with Gasteiger partial charge in [0.15, 0.2) is 11.5 Å². The highest BCUT2D eigenvalue weighted by Crippen LogP contribution is 2.35. The Balaban J connectivity index is 3.27. The standard InChI is InChI=1S/C10H8ClF3N2O2/c1-17-9-7(5-11)16-6(2-3-15)4-8(9)18-10(12,13)14/h4H,2,5H2,1H3. The summed E-state index contributed by atoms with van der Waals surface area (Å²) in [7, 11) is 1.18. The molecule has 0 saturated carbocycles. The van der Waals surface area contributed by atoms with Crippen LogP contribution in [0.3, 0.4) is 0 Å². The molecule has 0 aromatic carbocycles. The van der Waals surface area contributed by atoms with Gasteiger partial charge in [-0.2, -0.15) is 5.26 Å². The molecule has 0 spiro atoms. The molecule has 1 aromatic rings. The average molecular weight is 281 g/mol. The van der Waals surface area contributed by atoms with Crippen molar-refractivity contribution >= 4 is 11.6 Å². The summed E-state index contributed by atoms with van der Waals surface area (Å²) in [6.45, 7) is 0. The van der Waals surface area contributed by atoms with E-state index in [1.54, 1.807) is 6.07 Å². The minimum absolute atomic E-state index is 0.0890. The smallest absolute Gasteiger partial charge is 0.491 e. The summed E-state index contributed by atoms with van der Waals surface area (Å²) >= 11 is 5.56. The molecule has 0 aliphatic rings. The minimum Gasteiger partial charge on any atom is -0.491 e. The van der Waals surface area contributed by atoms with Crippen LogP contribution >= 0.6 is 11.6 Å². The molecule has 0 fully saturated rings. The van der Waals surface area contributed by atoms with Crippen molar-refractivity contribution in [1.82, 2.24) is 4.98 Å². The van der Waals surface area contributed by atoms with Crippen molar-refractivity contribution in [3.05, 3.63) is 17.5 Å². The first kappa shape index (κ1) is 14.4. The van der Waals surface area contributed by atoms with Crippen molar-refractivity contribution in [3.8, 4) is 17.6 Å². The summed E-state index contributed by atoms with van der Waals surface area (Å²) in [4.78, 5) is 3.92. The van der Waals surface area contributed by atoms with Crippen molar-refractivity contribution in [2.75, 3.05) is 7.11 Å². The van der Waals surface area contributed by atoms with Gasteiger partial charge in [0.25, 0.3) is 0 Å². The fourth-order valence-corrected chi connectivity index (χ4v) is 1.48. The Hall–Kier alpha value is -1.68. The molecule has 0 radical (unpaired) electrons. The third-order valence-corrected chi connectivity index (χ3v) is 2.13. The highest BCUT2D eigenvalue weighted by molar-refractivity contribution is 6.17. The van der Waals surface area contributed by atoms with Crippen molar-refractivity contribution in [3.63, 3.8) is 0 Å². The molecule has 0 atom stereocenters. The fourth-order valence-electron chi connectivity index (χ4n) is 1.30. The summed E-state index contributed by atoms with van der Waals surface area (Å²) in [5.41, 5.74) is 0.222. The minimum atomic E-state index is -4.86. The molecule has 0 saturated heterocycles. The zero-order valence-electron chi connectivity index (χ0n) is 9.21. The van der Waals surface area contributed by atoms with Crippen LogP contribution in [0.2, 0.25) is 0 Å². The lowest BCUT2D eigenvalue weighted by Gasteiger charge is -2.15. The molecule has 8 heteroatoms. The first-order valence-electron chi connectivity index (χ1n) is 4.66. The number of nitriles is 1. The van der Waals surface area contributed by atoms with Crippen LogP contribution in [-0.2, 0) is 12.3 Å². The van der Waals surface area contributed by atoms with Gasteiger partial charge in [-0.25, -0.2) is 0 Å². The Morgan fingerprint density at radius 1 is 1.50 bits per heavy atom. The van der Waals surface area contributed by atoms with Crippen molar-refractivity contribution in [1.29, 1.82) is 5.26 Å². The molecule has 98 valence electrons. The zero-order chi connectivity index (χ0) is 13.8. The van der Waals surface area contributed by atoms with E-state index in [0.717, 1.165) is 6.07 Å². The molecule has 0 bridgehead atoms. The highest BCUT2D eigenvalue weighted by Gasteiger charge is 2.33. The maximum atomic E-state index is 12.2. The van der Waals surface area contributed by atoms with Gasteiger partial charge in [0.2, 0.25) is 0 Å². The molecule has 0 unspecified atom stereocenters. The summed E-state index contributed by atoms with van der Waals surface area (Å²) in [6.07, 6.45) is -5.01. The van der Waals surface area contributed by atoms with E-state index in [4.69, 9.17) is 21.6 Å². The van der Waals surface area contributed by atoms with Crippen LogP contribution in [0.15, 0.2) is 6.07 Å². The maximum absolute atomic E-state index is 12.2. The number of halogens is 4. The highest BCUT2D eigenvalue weighted by atomic mass is 35.5. The van der Waals surface area contributed by atoms with E-state index in [1.165, 1.54) is 7.11 Å². The molecule has 18 heavy (non-hydrogen) atoms. The number of hydrogen-bond donors (Lipinski definition) is 0. The number of ether oxygens (including phenoxy) is 2. The molecule has 4 nitrogen and oxygen atoms in total. The first-order chi connectivity index (χ1) is 8.41. The van der Waals surface area contributed by atoms with E-state index in [1.807, 2.05) is 0 Å². The Morgan fingerprint density at radius 2 is 2.17 bits per heavy atom. The number of hydrogen-bond acceptors (Lipinski definition) is 4. The van der Waals surface area contributed by atoms with Gasteiger partial charge in [-0.3, -0.25) is 4.98 Å². The normalized spacial score (nSPS) is 10.9. The number of methoxy groups -OCH3 is 1. The maximum Gasteiger partial charge on any atom is 0.573 e. The third kappa shape index (κ3) is 3.67. The van der Waals surface area contributed by atoms with E-state index < -0.39 is 12.1 Å². The summed E-state index contributed by atoms with van der Waals surface area (Å²) in [5, 5.41) is 8.52. The van der Waals surface area contributed by atoms with E-state index >= 15 is 0 Å². The lowest BCUT2D eigenvalue weighted by Crippen LogP contribution is -2.18. The first-order valence-corrected chi connectivity index (χ1v) is 5.20. The molecule has 0 amide bonds. The van der Waals surface area contributed by atoms with Crippen LogP contribution < -0.4 is 9.47 Å². The van der Waals surface area contributed by atoms with Gasteiger partial charge in [-0.1, -0.05) is 0 Å². The van der Waals surface area contributed by atoms with Crippen molar-refractivity contribution in [2.24, 2.45) is 0 Å². The molecule has 1 heterocycles. The molecule has 0 N–H and O–H groups in total. The van der Waals surface area contributed by atoms with Gasteiger partial charge >= 0.3 is 6.36 Å². The van der Waals surface area contributed by atoms with Gasteiger partial charge in [0.1, 0.15) is 5.69 Å². The number of nitrogens with zero attached hydrogens (tertiary/aromatic N) is 2. The van der Waals surface area contributed by atoms with Crippen LogP contribution in [0.1, 0.15) is 11.4 Å². The van der Waals surface area contributed by atoms with Crippen LogP contribution in [0.25, 0.3) is 0 Å². The van der Waals surface area contributed by atoms with E-state index in [2.05, 4.69) is 9.72 Å². The van der Waals surface area contributed by atoms with Crippen molar-refractivity contribution < 1.29 is 22.6 Å².